The lowest BCUT2D eigenvalue weighted by molar-refractivity contribution is 0.157. The van der Waals surface area contributed by atoms with Crippen LogP contribution >= 0.6 is 0 Å². The van der Waals surface area contributed by atoms with Crippen molar-refractivity contribution in [2.24, 2.45) is 7.05 Å². The maximum absolute atomic E-state index is 11.5. The first-order valence-electron chi connectivity index (χ1n) is 4.99. The van der Waals surface area contributed by atoms with Crippen molar-refractivity contribution in [2.75, 3.05) is 20.3 Å². The van der Waals surface area contributed by atoms with Crippen LogP contribution in [0.4, 0.5) is 0 Å². The summed E-state index contributed by atoms with van der Waals surface area (Å²) in [6, 6.07) is 0.118. The van der Waals surface area contributed by atoms with Crippen LogP contribution in [0.15, 0.2) is 11.1 Å². The Morgan fingerprint density at radius 1 is 1.67 bits per heavy atom. The van der Waals surface area contributed by atoms with Crippen molar-refractivity contribution < 1.29 is 4.74 Å². The third kappa shape index (κ3) is 3.17. The largest absolute Gasteiger partial charge is 0.383 e. The SMILES string of the molecule is CCNC(COC)Cn1ncn(C)c1=O. The van der Waals surface area contributed by atoms with Crippen LogP contribution in [-0.2, 0) is 18.3 Å². The van der Waals surface area contributed by atoms with Crippen molar-refractivity contribution in [3.8, 4) is 0 Å². The zero-order valence-corrected chi connectivity index (χ0v) is 9.43. The van der Waals surface area contributed by atoms with Crippen LogP contribution in [0.5, 0.6) is 0 Å². The Morgan fingerprint density at radius 3 is 2.87 bits per heavy atom. The van der Waals surface area contributed by atoms with Crippen LogP contribution in [-0.4, -0.2) is 40.7 Å². The van der Waals surface area contributed by atoms with Crippen LogP contribution in [0.1, 0.15) is 6.92 Å². The second-order valence-corrected chi connectivity index (χ2v) is 3.42. The summed E-state index contributed by atoms with van der Waals surface area (Å²) in [7, 11) is 3.33. The summed E-state index contributed by atoms with van der Waals surface area (Å²) in [4.78, 5) is 11.5. The fourth-order valence-electron chi connectivity index (χ4n) is 1.42. The van der Waals surface area contributed by atoms with Gasteiger partial charge in [-0.15, -0.1) is 0 Å². The lowest BCUT2D eigenvalue weighted by Gasteiger charge is -2.15. The molecule has 1 N–H and O–H groups in total. The second kappa shape index (κ2) is 5.67. The number of ether oxygens (including phenoxy) is 1. The molecule has 1 aromatic heterocycles. The summed E-state index contributed by atoms with van der Waals surface area (Å²) in [6.07, 6.45) is 1.51. The molecule has 0 aliphatic carbocycles. The van der Waals surface area contributed by atoms with Gasteiger partial charge in [-0.05, 0) is 6.54 Å². The molecule has 0 aliphatic heterocycles. The van der Waals surface area contributed by atoms with E-state index in [1.54, 1.807) is 14.2 Å². The molecule has 1 atom stereocenters. The van der Waals surface area contributed by atoms with Gasteiger partial charge in [0.2, 0.25) is 0 Å². The van der Waals surface area contributed by atoms with E-state index in [9.17, 15) is 4.79 Å². The normalized spacial score (nSPS) is 13.0. The predicted octanol–water partition coefficient (Wildman–Crippen LogP) is -0.794. The molecule has 0 aromatic carbocycles. The summed E-state index contributed by atoms with van der Waals surface area (Å²) in [6.45, 7) is 3.96. The van der Waals surface area contributed by atoms with Crippen molar-refractivity contribution in [3.05, 3.63) is 16.8 Å². The minimum atomic E-state index is -0.103. The average Bonchev–Trinajstić information content (AvgIpc) is 2.51. The van der Waals surface area contributed by atoms with Gasteiger partial charge in [0.15, 0.2) is 0 Å². The van der Waals surface area contributed by atoms with E-state index in [-0.39, 0.29) is 11.7 Å². The molecule has 1 aromatic rings. The highest BCUT2D eigenvalue weighted by Gasteiger charge is 2.10. The van der Waals surface area contributed by atoms with Crippen LogP contribution in [0.2, 0.25) is 0 Å². The van der Waals surface area contributed by atoms with E-state index in [1.165, 1.54) is 15.6 Å². The summed E-state index contributed by atoms with van der Waals surface area (Å²) < 4.78 is 7.95. The minimum absolute atomic E-state index is 0.103. The van der Waals surface area contributed by atoms with Crippen molar-refractivity contribution in [2.45, 2.75) is 19.5 Å². The van der Waals surface area contributed by atoms with E-state index in [2.05, 4.69) is 10.4 Å². The number of aryl methyl sites for hydroxylation is 1. The summed E-state index contributed by atoms with van der Waals surface area (Å²) in [5.74, 6) is 0. The molecule has 6 heteroatoms. The molecule has 0 spiro atoms. The van der Waals surface area contributed by atoms with Crippen molar-refractivity contribution in [3.63, 3.8) is 0 Å². The van der Waals surface area contributed by atoms with E-state index in [0.29, 0.717) is 13.2 Å². The Bertz CT molecular complexity index is 338. The van der Waals surface area contributed by atoms with Crippen LogP contribution in [0.25, 0.3) is 0 Å². The van der Waals surface area contributed by atoms with Crippen molar-refractivity contribution >= 4 is 0 Å². The molecule has 0 radical (unpaired) electrons. The van der Waals surface area contributed by atoms with Gasteiger partial charge in [0.1, 0.15) is 6.33 Å². The van der Waals surface area contributed by atoms with Crippen molar-refractivity contribution in [1.82, 2.24) is 19.7 Å². The molecule has 1 unspecified atom stereocenters. The Morgan fingerprint density at radius 2 is 2.40 bits per heavy atom. The molecule has 0 amide bonds. The summed E-state index contributed by atoms with van der Waals surface area (Å²) >= 11 is 0. The maximum Gasteiger partial charge on any atom is 0.345 e. The van der Waals surface area contributed by atoms with E-state index in [0.717, 1.165) is 6.54 Å². The molecule has 15 heavy (non-hydrogen) atoms. The molecule has 1 heterocycles. The fraction of sp³-hybridized carbons (Fsp3) is 0.778. The average molecular weight is 214 g/mol. The lowest BCUT2D eigenvalue weighted by atomic mass is 10.3. The number of aromatic nitrogens is 3. The molecular formula is C9H18N4O2. The maximum atomic E-state index is 11.5. The zero-order valence-electron chi connectivity index (χ0n) is 9.43. The number of nitrogens with one attached hydrogen (secondary N) is 1. The second-order valence-electron chi connectivity index (χ2n) is 3.42. The number of nitrogens with zero attached hydrogens (tertiary/aromatic N) is 3. The van der Waals surface area contributed by atoms with Crippen LogP contribution in [0, 0.1) is 0 Å². The molecular weight excluding hydrogens is 196 g/mol. The van der Waals surface area contributed by atoms with Crippen molar-refractivity contribution in [1.29, 1.82) is 0 Å². The molecule has 6 nitrogen and oxygen atoms in total. The summed E-state index contributed by atoms with van der Waals surface area (Å²) in [5, 5.41) is 7.23. The quantitative estimate of drug-likeness (QED) is 0.674. The molecule has 0 bridgehead atoms. The Hall–Kier alpha value is -1.14. The van der Waals surface area contributed by atoms with Crippen LogP contribution < -0.4 is 11.0 Å². The van der Waals surface area contributed by atoms with Gasteiger partial charge >= 0.3 is 5.69 Å². The highest BCUT2D eigenvalue weighted by Crippen LogP contribution is 1.88. The number of hydrogen-bond donors (Lipinski definition) is 1. The van der Waals surface area contributed by atoms with E-state index < -0.39 is 0 Å². The highest BCUT2D eigenvalue weighted by atomic mass is 16.5. The van der Waals surface area contributed by atoms with E-state index in [4.69, 9.17) is 4.74 Å². The number of rotatable bonds is 6. The van der Waals surface area contributed by atoms with Gasteiger partial charge in [-0.1, -0.05) is 6.92 Å². The monoisotopic (exact) mass is 214 g/mol. The number of hydrogen-bond acceptors (Lipinski definition) is 4. The number of likely N-dealkylation sites (N-methyl/N-ethyl adjacent to an activating group) is 1. The van der Waals surface area contributed by atoms with E-state index >= 15 is 0 Å². The fourth-order valence-corrected chi connectivity index (χ4v) is 1.42. The van der Waals surface area contributed by atoms with Gasteiger partial charge in [-0.25, -0.2) is 9.48 Å². The molecule has 0 fully saturated rings. The molecule has 1 rings (SSSR count). The van der Waals surface area contributed by atoms with Gasteiger partial charge in [0, 0.05) is 14.2 Å². The third-order valence-electron chi connectivity index (χ3n) is 2.14. The molecule has 0 aliphatic rings. The molecule has 86 valence electrons. The van der Waals surface area contributed by atoms with Crippen LogP contribution in [0.3, 0.4) is 0 Å². The Labute approximate surface area is 88.8 Å². The highest BCUT2D eigenvalue weighted by molar-refractivity contribution is 4.71. The Balaban J connectivity index is 2.65. The Kier molecular flexibility index (Phi) is 4.51. The van der Waals surface area contributed by atoms with Gasteiger partial charge in [0.25, 0.3) is 0 Å². The standard InChI is InChI=1S/C9H18N4O2/c1-4-10-8(6-15-3)5-13-9(14)12(2)7-11-13/h7-8,10H,4-6H2,1-3H3. The molecule has 0 saturated heterocycles. The first-order chi connectivity index (χ1) is 7.19. The first kappa shape index (κ1) is 11.9. The first-order valence-corrected chi connectivity index (χ1v) is 4.99. The van der Waals surface area contributed by atoms with E-state index in [1.807, 2.05) is 6.92 Å². The summed E-state index contributed by atoms with van der Waals surface area (Å²) in [5.41, 5.74) is -0.103. The molecule has 0 saturated carbocycles. The lowest BCUT2D eigenvalue weighted by Crippen LogP contribution is -2.40. The van der Waals surface area contributed by atoms with Gasteiger partial charge in [0.05, 0.1) is 19.2 Å². The number of methoxy groups -OCH3 is 1. The predicted molar refractivity (Wildman–Crippen MR) is 56.8 cm³/mol. The zero-order chi connectivity index (χ0) is 11.3. The third-order valence-corrected chi connectivity index (χ3v) is 2.14. The smallest absolute Gasteiger partial charge is 0.345 e. The van der Waals surface area contributed by atoms with Gasteiger partial charge in [-0.2, -0.15) is 5.10 Å². The topological polar surface area (TPSA) is 61.1 Å². The van der Waals surface area contributed by atoms with Gasteiger partial charge in [-0.3, -0.25) is 4.57 Å². The van der Waals surface area contributed by atoms with Gasteiger partial charge < -0.3 is 10.1 Å². The minimum Gasteiger partial charge on any atom is -0.383 e.